The van der Waals surface area contributed by atoms with Crippen LogP contribution in [0.1, 0.15) is 5.56 Å². The van der Waals surface area contributed by atoms with E-state index in [1.807, 2.05) is 24.3 Å². The van der Waals surface area contributed by atoms with Crippen molar-refractivity contribution in [3.8, 4) is 50.6 Å². The fraction of sp³-hybridized carbons (Fsp3) is 0. The zero-order valence-electron chi connectivity index (χ0n) is 24.9. The van der Waals surface area contributed by atoms with Crippen molar-refractivity contribution < 1.29 is 0 Å². The van der Waals surface area contributed by atoms with Crippen LogP contribution in [0.3, 0.4) is 0 Å². The van der Waals surface area contributed by atoms with E-state index in [-0.39, 0.29) is 0 Å². The van der Waals surface area contributed by atoms with Crippen LogP contribution in [0.2, 0.25) is 0 Å². The van der Waals surface area contributed by atoms with E-state index in [1.165, 1.54) is 87.2 Å². The SMILES string of the molecule is N#Cc1ccc(-c2ccc3cc(-c4ccc5c6c(cccc46)-c4cc6c7ccccc7c7ccccc7c6cc4-5)ccc3c2)cc1. The highest BCUT2D eigenvalue weighted by Crippen LogP contribution is 2.52. The van der Waals surface area contributed by atoms with Gasteiger partial charge in [0.25, 0.3) is 0 Å². The summed E-state index contributed by atoms with van der Waals surface area (Å²) in [6.45, 7) is 0. The standard InChI is InChI=1S/C45H25N/c46-26-27-12-14-28(15-13-27)29-16-17-31-23-32(19-18-30(31)22-29)33-20-21-40-44-25-42-37-9-4-2-7-35(37)34-6-1-3-8-36(34)41(42)24-43(44)39-11-5-10-38(33)45(39)40/h1-25H. The lowest BCUT2D eigenvalue weighted by atomic mass is 9.90. The van der Waals surface area contributed by atoms with Gasteiger partial charge in [0.1, 0.15) is 0 Å². The van der Waals surface area contributed by atoms with Crippen LogP contribution in [-0.4, -0.2) is 0 Å². The Morgan fingerprint density at radius 2 is 0.826 bits per heavy atom. The van der Waals surface area contributed by atoms with Crippen LogP contribution in [0.15, 0.2) is 152 Å². The third-order valence-corrected chi connectivity index (χ3v) is 10.0. The van der Waals surface area contributed by atoms with Gasteiger partial charge in [-0.05, 0) is 135 Å². The molecule has 0 saturated heterocycles. The van der Waals surface area contributed by atoms with Gasteiger partial charge in [-0.2, -0.15) is 5.26 Å². The van der Waals surface area contributed by atoms with E-state index >= 15 is 0 Å². The normalized spacial score (nSPS) is 11.9. The number of hydrogen-bond acceptors (Lipinski definition) is 1. The van der Waals surface area contributed by atoms with Crippen LogP contribution in [0, 0.1) is 11.3 Å². The van der Waals surface area contributed by atoms with Crippen molar-refractivity contribution >= 4 is 53.9 Å². The van der Waals surface area contributed by atoms with Crippen LogP contribution in [0.4, 0.5) is 0 Å². The molecule has 0 aliphatic heterocycles. The Morgan fingerprint density at radius 1 is 0.326 bits per heavy atom. The van der Waals surface area contributed by atoms with Crippen molar-refractivity contribution in [1.29, 1.82) is 5.26 Å². The van der Waals surface area contributed by atoms with Crippen molar-refractivity contribution in [2.75, 3.05) is 0 Å². The van der Waals surface area contributed by atoms with Gasteiger partial charge in [-0.25, -0.2) is 0 Å². The first-order chi connectivity index (χ1) is 22.7. The second kappa shape index (κ2) is 9.38. The molecular weight excluding hydrogens is 555 g/mol. The molecular formula is C45H25N. The molecule has 46 heavy (non-hydrogen) atoms. The molecule has 0 bridgehead atoms. The van der Waals surface area contributed by atoms with Crippen LogP contribution in [-0.2, 0) is 0 Å². The highest BCUT2D eigenvalue weighted by atomic mass is 14.3. The largest absolute Gasteiger partial charge is 0.192 e. The minimum atomic E-state index is 0.679. The molecule has 0 atom stereocenters. The molecule has 1 aliphatic carbocycles. The molecule has 0 spiro atoms. The first-order valence-corrected chi connectivity index (χ1v) is 15.7. The van der Waals surface area contributed by atoms with Gasteiger partial charge < -0.3 is 0 Å². The first kappa shape index (κ1) is 25.1. The highest BCUT2D eigenvalue weighted by Gasteiger charge is 2.24. The molecule has 9 aromatic carbocycles. The molecule has 0 unspecified atom stereocenters. The number of nitriles is 1. The molecule has 0 saturated carbocycles. The van der Waals surface area contributed by atoms with Gasteiger partial charge in [0.15, 0.2) is 0 Å². The summed E-state index contributed by atoms with van der Waals surface area (Å²) in [6.07, 6.45) is 0. The van der Waals surface area contributed by atoms with Gasteiger partial charge in [0, 0.05) is 0 Å². The average Bonchev–Trinajstić information content (AvgIpc) is 3.44. The molecule has 1 heteroatoms. The Balaban J connectivity index is 1.14. The molecule has 0 amide bonds. The minimum Gasteiger partial charge on any atom is -0.192 e. The predicted octanol–water partition coefficient (Wildman–Crippen LogP) is 12.3. The van der Waals surface area contributed by atoms with Gasteiger partial charge in [-0.1, -0.05) is 115 Å². The smallest absolute Gasteiger partial charge is 0.0991 e. The molecule has 0 radical (unpaired) electrons. The molecule has 0 N–H and O–H groups in total. The summed E-state index contributed by atoms with van der Waals surface area (Å²) in [4.78, 5) is 0. The van der Waals surface area contributed by atoms with Gasteiger partial charge in [0.05, 0.1) is 11.6 Å². The lowest BCUT2D eigenvalue weighted by Gasteiger charge is -2.13. The van der Waals surface area contributed by atoms with E-state index in [9.17, 15) is 0 Å². The Labute approximate surface area is 266 Å². The van der Waals surface area contributed by atoms with Crippen molar-refractivity contribution in [1.82, 2.24) is 0 Å². The van der Waals surface area contributed by atoms with E-state index in [0.29, 0.717) is 5.56 Å². The molecule has 0 fully saturated rings. The lowest BCUT2D eigenvalue weighted by Crippen LogP contribution is -1.85. The number of rotatable bonds is 2. The van der Waals surface area contributed by atoms with Crippen molar-refractivity contribution in [3.05, 3.63) is 157 Å². The minimum absolute atomic E-state index is 0.679. The topological polar surface area (TPSA) is 23.8 Å². The summed E-state index contributed by atoms with van der Waals surface area (Å²) >= 11 is 0. The third-order valence-electron chi connectivity index (χ3n) is 10.0. The first-order valence-electron chi connectivity index (χ1n) is 15.7. The molecule has 0 aromatic heterocycles. The van der Waals surface area contributed by atoms with Crippen LogP contribution < -0.4 is 0 Å². The maximum Gasteiger partial charge on any atom is 0.0991 e. The zero-order valence-corrected chi connectivity index (χ0v) is 24.9. The Bertz CT molecular complexity index is 2710. The molecule has 0 heterocycles. The van der Waals surface area contributed by atoms with E-state index in [0.717, 1.165) is 11.1 Å². The molecule has 210 valence electrons. The number of nitrogens with zero attached hydrogens (tertiary/aromatic N) is 1. The summed E-state index contributed by atoms with van der Waals surface area (Å²) in [5.41, 5.74) is 10.7. The van der Waals surface area contributed by atoms with Gasteiger partial charge in [-0.3, -0.25) is 0 Å². The summed E-state index contributed by atoms with van der Waals surface area (Å²) in [5, 5.41) is 22.1. The monoisotopic (exact) mass is 579 g/mol. The van der Waals surface area contributed by atoms with Gasteiger partial charge in [-0.15, -0.1) is 0 Å². The van der Waals surface area contributed by atoms with Crippen LogP contribution >= 0.6 is 0 Å². The second-order valence-corrected chi connectivity index (χ2v) is 12.4. The third kappa shape index (κ3) is 3.50. The average molecular weight is 580 g/mol. The number of benzene rings is 9. The maximum atomic E-state index is 9.17. The predicted molar refractivity (Wildman–Crippen MR) is 194 cm³/mol. The molecule has 10 rings (SSSR count). The summed E-state index contributed by atoms with van der Waals surface area (Å²) < 4.78 is 0. The second-order valence-electron chi connectivity index (χ2n) is 12.4. The number of hydrogen-bond donors (Lipinski definition) is 0. The Kier molecular flexibility index (Phi) is 5.13. The van der Waals surface area contributed by atoms with Gasteiger partial charge >= 0.3 is 0 Å². The highest BCUT2D eigenvalue weighted by molar-refractivity contribution is 6.29. The van der Waals surface area contributed by atoms with Crippen molar-refractivity contribution in [3.63, 3.8) is 0 Å². The molecule has 1 aliphatic rings. The summed E-state index contributed by atoms with van der Waals surface area (Å²) in [5.74, 6) is 0. The van der Waals surface area contributed by atoms with E-state index in [1.54, 1.807) is 0 Å². The van der Waals surface area contributed by atoms with E-state index in [2.05, 4.69) is 133 Å². The molecule has 9 aromatic rings. The van der Waals surface area contributed by atoms with Gasteiger partial charge in [0.2, 0.25) is 0 Å². The quantitative estimate of drug-likeness (QED) is 0.187. The van der Waals surface area contributed by atoms with Crippen molar-refractivity contribution in [2.24, 2.45) is 0 Å². The summed E-state index contributed by atoms with van der Waals surface area (Å²) in [7, 11) is 0. The molecule has 1 nitrogen and oxygen atoms in total. The van der Waals surface area contributed by atoms with E-state index < -0.39 is 0 Å². The number of fused-ring (bicyclic) bond motifs is 10. The van der Waals surface area contributed by atoms with E-state index in [4.69, 9.17) is 5.26 Å². The lowest BCUT2D eigenvalue weighted by molar-refractivity contribution is 1.48. The van der Waals surface area contributed by atoms with Crippen molar-refractivity contribution in [2.45, 2.75) is 0 Å². The fourth-order valence-electron chi connectivity index (χ4n) is 7.83. The maximum absolute atomic E-state index is 9.17. The summed E-state index contributed by atoms with van der Waals surface area (Å²) in [6, 6.07) is 57.4. The Morgan fingerprint density at radius 3 is 1.46 bits per heavy atom. The zero-order chi connectivity index (χ0) is 30.4. The Hall–Kier alpha value is -6.23. The van der Waals surface area contributed by atoms with Crippen LogP contribution in [0.25, 0.3) is 98.4 Å². The fourth-order valence-corrected chi connectivity index (χ4v) is 7.83. The van der Waals surface area contributed by atoms with Crippen LogP contribution in [0.5, 0.6) is 0 Å².